The summed E-state index contributed by atoms with van der Waals surface area (Å²) in [5, 5.41) is 3.54. The summed E-state index contributed by atoms with van der Waals surface area (Å²) < 4.78 is 0. The summed E-state index contributed by atoms with van der Waals surface area (Å²) in [4.78, 5) is 4.07. The average molecular weight is 326 g/mol. The summed E-state index contributed by atoms with van der Waals surface area (Å²) in [6, 6.07) is 21.6. The molecule has 4 rings (SSSR count). The molecular weight excluding hydrogens is 304 g/mol. The third kappa shape index (κ3) is 3.80. The maximum absolute atomic E-state index is 4.07. The molecule has 3 aromatic rings. The van der Waals surface area contributed by atoms with Crippen LogP contribution in [-0.2, 0) is 12.8 Å². The highest BCUT2D eigenvalue weighted by Gasteiger charge is 2.12. The molecule has 25 heavy (non-hydrogen) atoms. The Labute approximate surface area is 149 Å². The predicted molar refractivity (Wildman–Crippen MR) is 105 cm³/mol. The standard InChI is InChI=1S/C23H22N2/c1-2-4-23-20(3-1)7-8-21(23)13-16-25-22-9-5-18(6-10-22)17-19-11-14-24-15-12-19/h1-6,8-12,14-15,25H,7,13,16-17H2. The fourth-order valence-corrected chi connectivity index (χ4v) is 3.41. The van der Waals surface area contributed by atoms with Crippen molar-refractivity contribution in [3.05, 3.63) is 101 Å². The molecule has 1 aromatic heterocycles. The van der Waals surface area contributed by atoms with E-state index < -0.39 is 0 Å². The average Bonchev–Trinajstić information content (AvgIpc) is 3.07. The molecule has 0 unspecified atom stereocenters. The molecule has 2 heteroatoms. The van der Waals surface area contributed by atoms with Crippen LogP contribution in [0, 0.1) is 0 Å². The smallest absolute Gasteiger partial charge is 0.0340 e. The van der Waals surface area contributed by atoms with Crippen molar-refractivity contribution in [1.82, 2.24) is 4.98 Å². The van der Waals surface area contributed by atoms with Crippen molar-refractivity contribution in [2.45, 2.75) is 19.3 Å². The number of nitrogens with zero attached hydrogens (tertiary/aromatic N) is 1. The second kappa shape index (κ2) is 7.35. The molecule has 2 aromatic carbocycles. The minimum absolute atomic E-state index is 0.951. The van der Waals surface area contributed by atoms with E-state index in [-0.39, 0.29) is 0 Å². The van der Waals surface area contributed by atoms with Gasteiger partial charge in [0.25, 0.3) is 0 Å². The van der Waals surface area contributed by atoms with Crippen LogP contribution in [0.3, 0.4) is 0 Å². The maximum atomic E-state index is 4.07. The minimum Gasteiger partial charge on any atom is -0.385 e. The van der Waals surface area contributed by atoms with E-state index in [9.17, 15) is 0 Å². The molecule has 1 aliphatic rings. The van der Waals surface area contributed by atoms with Crippen LogP contribution in [0.25, 0.3) is 5.57 Å². The van der Waals surface area contributed by atoms with Crippen molar-refractivity contribution in [1.29, 1.82) is 0 Å². The van der Waals surface area contributed by atoms with Gasteiger partial charge in [0, 0.05) is 24.6 Å². The van der Waals surface area contributed by atoms with E-state index in [0.29, 0.717) is 0 Å². The topological polar surface area (TPSA) is 24.9 Å². The first-order chi connectivity index (χ1) is 12.4. The van der Waals surface area contributed by atoms with Gasteiger partial charge in [-0.2, -0.15) is 0 Å². The van der Waals surface area contributed by atoms with Crippen molar-refractivity contribution in [2.24, 2.45) is 0 Å². The Hall–Kier alpha value is -2.87. The number of aromatic nitrogens is 1. The van der Waals surface area contributed by atoms with Crippen LogP contribution in [0.5, 0.6) is 0 Å². The lowest BCUT2D eigenvalue weighted by Gasteiger charge is -2.09. The summed E-state index contributed by atoms with van der Waals surface area (Å²) in [5.41, 5.74) is 8.16. The summed E-state index contributed by atoms with van der Waals surface area (Å²) in [6.45, 7) is 0.962. The van der Waals surface area contributed by atoms with E-state index in [1.807, 2.05) is 12.4 Å². The minimum atomic E-state index is 0.951. The Morgan fingerprint density at radius 3 is 2.44 bits per heavy atom. The fraction of sp³-hybridized carbons (Fsp3) is 0.174. The molecule has 0 fully saturated rings. The number of allylic oxidation sites excluding steroid dienone is 1. The summed E-state index contributed by atoms with van der Waals surface area (Å²) in [7, 11) is 0. The van der Waals surface area contributed by atoms with Gasteiger partial charge in [-0.25, -0.2) is 0 Å². The second-order valence-corrected chi connectivity index (χ2v) is 6.50. The quantitative estimate of drug-likeness (QED) is 0.680. The van der Waals surface area contributed by atoms with Crippen LogP contribution >= 0.6 is 0 Å². The largest absolute Gasteiger partial charge is 0.385 e. The first kappa shape index (κ1) is 15.6. The summed E-state index contributed by atoms with van der Waals surface area (Å²) in [6.07, 6.45) is 9.16. The van der Waals surface area contributed by atoms with E-state index in [0.717, 1.165) is 25.8 Å². The number of rotatable bonds is 6. The highest BCUT2D eigenvalue weighted by molar-refractivity contribution is 5.73. The number of pyridine rings is 1. The van der Waals surface area contributed by atoms with E-state index >= 15 is 0 Å². The van der Waals surface area contributed by atoms with Gasteiger partial charge in [0.2, 0.25) is 0 Å². The van der Waals surface area contributed by atoms with E-state index in [2.05, 4.69) is 77.0 Å². The summed E-state index contributed by atoms with van der Waals surface area (Å²) >= 11 is 0. The van der Waals surface area contributed by atoms with Crippen LogP contribution in [-0.4, -0.2) is 11.5 Å². The molecule has 0 atom stereocenters. The number of fused-ring (bicyclic) bond motifs is 1. The fourth-order valence-electron chi connectivity index (χ4n) is 3.41. The summed E-state index contributed by atoms with van der Waals surface area (Å²) in [5.74, 6) is 0. The van der Waals surface area contributed by atoms with Crippen LogP contribution in [0.4, 0.5) is 5.69 Å². The molecule has 0 spiro atoms. The maximum Gasteiger partial charge on any atom is 0.0340 e. The molecule has 0 saturated heterocycles. The molecule has 1 heterocycles. The van der Waals surface area contributed by atoms with Gasteiger partial charge in [-0.05, 0) is 71.4 Å². The number of nitrogens with one attached hydrogen (secondary N) is 1. The van der Waals surface area contributed by atoms with Crippen LogP contribution < -0.4 is 5.32 Å². The third-order valence-electron chi connectivity index (χ3n) is 4.77. The molecule has 124 valence electrons. The Morgan fingerprint density at radius 1 is 0.840 bits per heavy atom. The Kier molecular flexibility index (Phi) is 4.60. The lowest BCUT2D eigenvalue weighted by molar-refractivity contribution is 1.08. The monoisotopic (exact) mass is 326 g/mol. The first-order valence-corrected chi connectivity index (χ1v) is 8.87. The third-order valence-corrected chi connectivity index (χ3v) is 4.77. The van der Waals surface area contributed by atoms with Gasteiger partial charge < -0.3 is 5.32 Å². The first-order valence-electron chi connectivity index (χ1n) is 8.87. The zero-order valence-electron chi connectivity index (χ0n) is 14.3. The van der Waals surface area contributed by atoms with Crippen molar-refractivity contribution in [3.63, 3.8) is 0 Å². The number of benzene rings is 2. The van der Waals surface area contributed by atoms with Gasteiger partial charge in [-0.15, -0.1) is 0 Å². The Balaban J connectivity index is 1.31. The van der Waals surface area contributed by atoms with Crippen molar-refractivity contribution >= 4 is 11.3 Å². The van der Waals surface area contributed by atoms with E-state index in [1.165, 1.54) is 33.5 Å². The highest BCUT2D eigenvalue weighted by Crippen LogP contribution is 2.29. The molecule has 0 saturated carbocycles. The molecule has 0 bridgehead atoms. The van der Waals surface area contributed by atoms with E-state index in [4.69, 9.17) is 0 Å². The zero-order valence-corrected chi connectivity index (χ0v) is 14.3. The van der Waals surface area contributed by atoms with Crippen molar-refractivity contribution < 1.29 is 0 Å². The highest BCUT2D eigenvalue weighted by atomic mass is 14.9. The number of anilines is 1. The molecule has 1 N–H and O–H groups in total. The Bertz CT molecular complexity index is 864. The molecule has 1 aliphatic carbocycles. The van der Waals surface area contributed by atoms with Gasteiger partial charge in [0.05, 0.1) is 0 Å². The van der Waals surface area contributed by atoms with E-state index in [1.54, 1.807) is 0 Å². The van der Waals surface area contributed by atoms with Crippen LogP contribution in [0.2, 0.25) is 0 Å². The van der Waals surface area contributed by atoms with Gasteiger partial charge >= 0.3 is 0 Å². The molecule has 0 radical (unpaired) electrons. The Morgan fingerprint density at radius 2 is 1.60 bits per heavy atom. The van der Waals surface area contributed by atoms with Crippen molar-refractivity contribution in [2.75, 3.05) is 11.9 Å². The predicted octanol–water partition coefficient (Wildman–Crippen LogP) is 5.11. The normalized spacial score (nSPS) is 12.6. The van der Waals surface area contributed by atoms with Gasteiger partial charge in [-0.3, -0.25) is 4.98 Å². The lowest BCUT2D eigenvalue weighted by atomic mass is 10.0. The second-order valence-electron chi connectivity index (χ2n) is 6.50. The molecule has 0 aliphatic heterocycles. The molecule has 2 nitrogen and oxygen atoms in total. The van der Waals surface area contributed by atoms with Gasteiger partial charge in [0.15, 0.2) is 0 Å². The zero-order chi connectivity index (χ0) is 16.9. The van der Waals surface area contributed by atoms with Crippen LogP contribution in [0.15, 0.2) is 79.1 Å². The number of hydrogen-bond acceptors (Lipinski definition) is 2. The van der Waals surface area contributed by atoms with Gasteiger partial charge in [-0.1, -0.05) is 42.5 Å². The lowest BCUT2D eigenvalue weighted by Crippen LogP contribution is -2.02. The number of hydrogen-bond donors (Lipinski definition) is 1. The SMILES string of the molecule is C1=C(CCNc2ccc(Cc3ccncc3)cc2)c2ccccc2C1. The van der Waals surface area contributed by atoms with Crippen molar-refractivity contribution in [3.8, 4) is 0 Å². The van der Waals surface area contributed by atoms with Gasteiger partial charge in [0.1, 0.15) is 0 Å². The molecular formula is C23H22N2. The van der Waals surface area contributed by atoms with Crippen LogP contribution in [0.1, 0.15) is 28.7 Å². The molecule has 0 amide bonds.